The van der Waals surface area contributed by atoms with E-state index in [0.717, 1.165) is 5.56 Å². The van der Waals surface area contributed by atoms with E-state index in [9.17, 15) is 9.59 Å². The van der Waals surface area contributed by atoms with E-state index in [4.69, 9.17) is 14.2 Å². The fourth-order valence-corrected chi connectivity index (χ4v) is 2.57. The van der Waals surface area contributed by atoms with Crippen LogP contribution < -0.4 is 14.8 Å². The lowest BCUT2D eigenvalue weighted by Crippen LogP contribution is -2.25. The molecule has 1 aromatic rings. The van der Waals surface area contributed by atoms with Crippen LogP contribution in [0.15, 0.2) is 18.2 Å². The molecule has 120 valence electrons. The minimum atomic E-state index is -0.529. The van der Waals surface area contributed by atoms with Crippen molar-refractivity contribution in [2.45, 2.75) is 32.4 Å². The minimum absolute atomic E-state index is 0.0220. The van der Waals surface area contributed by atoms with Crippen molar-refractivity contribution < 1.29 is 23.8 Å². The number of methoxy groups -OCH3 is 2. The molecule has 22 heavy (non-hydrogen) atoms. The molecule has 2 rings (SSSR count). The molecule has 0 bridgehead atoms. The molecule has 0 aliphatic carbocycles. The van der Waals surface area contributed by atoms with Gasteiger partial charge in [-0.2, -0.15) is 0 Å². The fraction of sp³-hybridized carbons (Fsp3) is 0.500. The van der Waals surface area contributed by atoms with E-state index in [2.05, 4.69) is 5.32 Å². The van der Waals surface area contributed by atoms with E-state index in [-0.39, 0.29) is 18.4 Å². The van der Waals surface area contributed by atoms with E-state index < -0.39 is 17.9 Å². The lowest BCUT2D eigenvalue weighted by Gasteiger charge is -2.20. The van der Waals surface area contributed by atoms with Crippen LogP contribution in [0.1, 0.15) is 31.9 Å². The van der Waals surface area contributed by atoms with Crippen LogP contribution in [0.2, 0.25) is 0 Å². The van der Waals surface area contributed by atoms with Crippen LogP contribution in [0, 0.1) is 5.92 Å². The number of nitrogens with one attached hydrogen (secondary N) is 1. The van der Waals surface area contributed by atoms with Gasteiger partial charge in [-0.1, -0.05) is 6.07 Å². The van der Waals surface area contributed by atoms with Crippen molar-refractivity contribution in [2.75, 3.05) is 14.2 Å². The summed E-state index contributed by atoms with van der Waals surface area (Å²) in [5, 5.41) is 2.81. The first-order valence-corrected chi connectivity index (χ1v) is 7.18. The number of amides is 1. The molecule has 0 saturated carbocycles. The van der Waals surface area contributed by atoms with Gasteiger partial charge in [0.25, 0.3) is 0 Å². The van der Waals surface area contributed by atoms with Crippen LogP contribution in [-0.2, 0) is 14.3 Å². The summed E-state index contributed by atoms with van der Waals surface area (Å²) in [5.41, 5.74) is 0.786. The number of carbonyl (C=O) groups excluding carboxylic acids is 2. The van der Waals surface area contributed by atoms with Crippen LogP contribution in [-0.4, -0.2) is 32.2 Å². The average Bonchev–Trinajstić information content (AvgIpc) is 2.88. The lowest BCUT2D eigenvalue weighted by atomic mass is 9.94. The first-order chi connectivity index (χ1) is 10.5. The molecule has 6 heteroatoms. The van der Waals surface area contributed by atoms with Gasteiger partial charge in [0.2, 0.25) is 5.91 Å². The molecule has 2 atom stereocenters. The second-order valence-electron chi connectivity index (χ2n) is 5.46. The largest absolute Gasteiger partial charge is 0.493 e. The molecule has 1 heterocycles. The molecule has 1 fully saturated rings. The maximum Gasteiger partial charge on any atom is 0.311 e. The summed E-state index contributed by atoms with van der Waals surface area (Å²) < 4.78 is 15.8. The van der Waals surface area contributed by atoms with Gasteiger partial charge in [0.1, 0.15) is 0 Å². The summed E-state index contributed by atoms with van der Waals surface area (Å²) in [6.07, 6.45) is 0.151. The molecule has 0 spiro atoms. The molecule has 1 aliphatic heterocycles. The highest BCUT2D eigenvalue weighted by Crippen LogP contribution is 2.36. The average molecular weight is 307 g/mol. The van der Waals surface area contributed by atoms with Gasteiger partial charge in [0.05, 0.1) is 32.3 Å². The van der Waals surface area contributed by atoms with E-state index in [1.807, 2.05) is 19.9 Å². The Labute approximate surface area is 129 Å². The highest BCUT2D eigenvalue weighted by molar-refractivity contribution is 5.88. The van der Waals surface area contributed by atoms with Crippen molar-refractivity contribution in [3.8, 4) is 11.5 Å². The first kappa shape index (κ1) is 16.1. The van der Waals surface area contributed by atoms with Gasteiger partial charge < -0.3 is 19.5 Å². The molecule has 1 saturated heterocycles. The van der Waals surface area contributed by atoms with Gasteiger partial charge in [0, 0.05) is 6.42 Å². The smallest absolute Gasteiger partial charge is 0.311 e. The summed E-state index contributed by atoms with van der Waals surface area (Å²) in [6, 6.07) is 4.98. The first-order valence-electron chi connectivity index (χ1n) is 7.18. The second-order valence-corrected chi connectivity index (χ2v) is 5.46. The highest BCUT2D eigenvalue weighted by Gasteiger charge is 2.39. The zero-order valence-corrected chi connectivity index (χ0v) is 13.2. The monoisotopic (exact) mass is 307 g/mol. The Bertz CT molecular complexity index is 570. The van der Waals surface area contributed by atoms with Gasteiger partial charge in [-0.05, 0) is 31.5 Å². The van der Waals surface area contributed by atoms with Crippen LogP contribution in [0.3, 0.4) is 0 Å². The Morgan fingerprint density at radius 2 is 2.00 bits per heavy atom. The highest BCUT2D eigenvalue weighted by atomic mass is 16.5. The van der Waals surface area contributed by atoms with Crippen molar-refractivity contribution in [1.29, 1.82) is 0 Å². The SMILES string of the molecule is COC(=O)[C@@H]1CC(=O)N[C@@H]1c1ccc(OC(C)C)c(OC)c1. The molecule has 1 N–H and O–H groups in total. The second kappa shape index (κ2) is 6.68. The molecule has 0 radical (unpaired) electrons. The van der Waals surface area contributed by atoms with E-state index in [1.165, 1.54) is 7.11 Å². The molecule has 1 amide bonds. The van der Waals surface area contributed by atoms with Crippen molar-refractivity contribution in [1.82, 2.24) is 5.32 Å². The number of carbonyl (C=O) groups is 2. The Balaban J connectivity index is 2.31. The Kier molecular flexibility index (Phi) is 4.90. The zero-order chi connectivity index (χ0) is 16.3. The van der Waals surface area contributed by atoms with Crippen LogP contribution in [0.25, 0.3) is 0 Å². The van der Waals surface area contributed by atoms with Crippen molar-refractivity contribution in [3.05, 3.63) is 23.8 Å². The summed E-state index contributed by atoms with van der Waals surface area (Å²) in [4.78, 5) is 23.5. The summed E-state index contributed by atoms with van der Waals surface area (Å²) in [6.45, 7) is 3.86. The van der Waals surface area contributed by atoms with Gasteiger partial charge in [-0.3, -0.25) is 9.59 Å². The normalized spacial score (nSPS) is 20.7. The van der Waals surface area contributed by atoms with E-state index in [1.54, 1.807) is 19.2 Å². The topological polar surface area (TPSA) is 73.9 Å². The number of rotatable bonds is 5. The zero-order valence-electron chi connectivity index (χ0n) is 13.2. The number of ether oxygens (including phenoxy) is 3. The predicted octanol–water partition coefficient (Wildman–Crippen LogP) is 1.83. The molecule has 1 aliphatic rings. The quantitative estimate of drug-likeness (QED) is 0.840. The number of benzene rings is 1. The molecular formula is C16H21NO5. The fourth-order valence-electron chi connectivity index (χ4n) is 2.57. The van der Waals surface area contributed by atoms with Gasteiger partial charge in [0.15, 0.2) is 11.5 Å². The van der Waals surface area contributed by atoms with Crippen molar-refractivity contribution in [3.63, 3.8) is 0 Å². The number of hydrogen-bond acceptors (Lipinski definition) is 5. The predicted molar refractivity (Wildman–Crippen MR) is 79.8 cm³/mol. The number of esters is 1. The third-order valence-electron chi connectivity index (χ3n) is 3.54. The van der Waals surface area contributed by atoms with Gasteiger partial charge in [-0.25, -0.2) is 0 Å². The third kappa shape index (κ3) is 3.32. The van der Waals surface area contributed by atoms with Gasteiger partial charge >= 0.3 is 5.97 Å². The summed E-state index contributed by atoms with van der Waals surface area (Å²) >= 11 is 0. The van der Waals surface area contributed by atoms with Crippen molar-refractivity contribution >= 4 is 11.9 Å². The van der Waals surface area contributed by atoms with E-state index >= 15 is 0 Å². The van der Waals surface area contributed by atoms with Crippen LogP contribution in [0.4, 0.5) is 0 Å². The molecule has 0 aromatic heterocycles. The van der Waals surface area contributed by atoms with Crippen molar-refractivity contribution in [2.24, 2.45) is 5.92 Å². The Morgan fingerprint density at radius 3 is 2.59 bits per heavy atom. The maximum absolute atomic E-state index is 11.8. The third-order valence-corrected chi connectivity index (χ3v) is 3.54. The number of hydrogen-bond donors (Lipinski definition) is 1. The standard InChI is InChI=1S/C16H21NO5/c1-9(2)22-12-6-5-10(7-13(12)20-3)15-11(16(19)21-4)8-14(18)17-15/h5-7,9,11,15H,8H2,1-4H3,(H,17,18)/t11-,15-/m1/s1. The lowest BCUT2D eigenvalue weighted by molar-refractivity contribution is -0.146. The molecular weight excluding hydrogens is 286 g/mol. The summed E-state index contributed by atoms with van der Waals surface area (Å²) in [7, 11) is 2.87. The van der Waals surface area contributed by atoms with Gasteiger partial charge in [-0.15, -0.1) is 0 Å². The maximum atomic E-state index is 11.8. The van der Waals surface area contributed by atoms with Crippen LogP contribution in [0.5, 0.6) is 11.5 Å². The minimum Gasteiger partial charge on any atom is -0.493 e. The Morgan fingerprint density at radius 1 is 1.27 bits per heavy atom. The molecule has 1 aromatic carbocycles. The van der Waals surface area contributed by atoms with Crippen LogP contribution >= 0.6 is 0 Å². The Hall–Kier alpha value is -2.24. The molecule has 6 nitrogen and oxygen atoms in total. The summed E-state index contributed by atoms with van der Waals surface area (Å²) in [5.74, 6) is 0.0990. The molecule has 0 unspecified atom stereocenters. The van der Waals surface area contributed by atoms with E-state index in [0.29, 0.717) is 11.5 Å².